The van der Waals surface area contributed by atoms with Gasteiger partial charge in [-0.05, 0) is 13.0 Å². The fourth-order valence-corrected chi connectivity index (χ4v) is 1.63. The van der Waals surface area contributed by atoms with Gasteiger partial charge in [-0.2, -0.15) is 0 Å². The Morgan fingerprint density at radius 3 is 2.26 bits per heavy atom. The maximum Gasteiger partial charge on any atom is 0.336 e. The van der Waals surface area contributed by atoms with E-state index in [9.17, 15) is 9.59 Å². The summed E-state index contributed by atoms with van der Waals surface area (Å²) in [6.45, 7) is 1.87. The maximum absolute atomic E-state index is 11.4. The van der Waals surface area contributed by atoms with Gasteiger partial charge >= 0.3 is 11.9 Å². The van der Waals surface area contributed by atoms with Gasteiger partial charge in [-0.15, -0.1) is 0 Å². The lowest BCUT2D eigenvalue weighted by atomic mass is 10.3. The molecule has 0 amide bonds. The number of carbonyl (C=O) groups is 2. The molecule has 0 fully saturated rings. The molecule has 0 aliphatic carbocycles. The summed E-state index contributed by atoms with van der Waals surface area (Å²) >= 11 is 17.3. The number of benzene rings is 1. The van der Waals surface area contributed by atoms with E-state index in [-0.39, 0.29) is 27.4 Å². The summed E-state index contributed by atoms with van der Waals surface area (Å²) in [4.78, 5) is 22.4. The second kappa shape index (κ2) is 7.38. The van der Waals surface area contributed by atoms with Gasteiger partial charge in [-0.1, -0.05) is 34.8 Å². The molecule has 0 atom stereocenters. The summed E-state index contributed by atoms with van der Waals surface area (Å²) in [6.07, 6.45) is 1.88. The SMILES string of the molecule is CCOC(=O)/C=C/C(=O)Oc1cc(Cl)c(Cl)cc1Cl. The molecule has 0 radical (unpaired) electrons. The molecule has 1 rings (SSSR count). The number of esters is 2. The van der Waals surface area contributed by atoms with Crippen LogP contribution in [0, 0.1) is 0 Å². The zero-order chi connectivity index (χ0) is 14.4. The summed E-state index contributed by atoms with van der Waals surface area (Å²) in [5.74, 6) is -1.37. The molecule has 0 aliphatic heterocycles. The third kappa shape index (κ3) is 5.11. The van der Waals surface area contributed by atoms with Crippen molar-refractivity contribution in [1.82, 2.24) is 0 Å². The highest BCUT2D eigenvalue weighted by Gasteiger charge is 2.10. The first kappa shape index (κ1) is 15.8. The second-order valence-corrected chi connectivity index (χ2v) is 4.42. The van der Waals surface area contributed by atoms with Crippen molar-refractivity contribution in [2.45, 2.75) is 6.92 Å². The monoisotopic (exact) mass is 322 g/mol. The number of rotatable bonds is 4. The van der Waals surface area contributed by atoms with Crippen LogP contribution in [0.5, 0.6) is 5.75 Å². The van der Waals surface area contributed by atoms with E-state index < -0.39 is 11.9 Å². The van der Waals surface area contributed by atoms with Crippen molar-refractivity contribution >= 4 is 46.7 Å². The lowest BCUT2D eigenvalue weighted by Crippen LogP contribution is -2.06. The molecule has 1 aromatic rings. The van der Waals surface area contributed by atoms with E-state index in [1.54, 1.807) is 6.92 Å². The second-order valence-electron chi connectivity index (χ2n) is 3.20. The first-order valence-electron chi connectivity index (χ1n) is 5.15. The smallest absolute Gasteiger partial charge is 0.336 e. The zero-order valence-electron chi connectivity index (χ0n) is 9.78. The fraction of sp³-hybridized carbons (Fsp3) is 0.167. The molecular formula is C12H9Cl3O4. The molecule has 0 saturated heterocycles. The summed E-state index contributed by atoms with van der Waals surface area (Å²) in [5, 5.41) is 0.573. The molecule has 0 spiro atoms. The predicted octanol–water partition coefficient (Wildman–Crippen LogP) is 3.67. The molecule has 0 aromatic heterocycles. The summed E-state index contributed by atoms with van der Waals surface area (Å²) < 4.78 is 9.50. The van der Waals surface area contributed by atoms with Crippen molar-refractivity contribution in [3.8, 4) is 5.75 Å². The van der Waals surface area contributed by atoms with Crippen molar-refractivity contribution in [1.29, 1.82) is 0 Å². The Morgan fingerprint density at radius 1 is 1.05 bits per heavy atom. The van der Waals surface area contributed by atoms with Crippen LogP contribution in [0.25, 0.3) is 0 Å². The van der Waals surface area contributed by atoms with Crippen molar-refractivity contribution in [2.24, 2.45) is 0 Å². The largest absolute Gasteiger partial charge is 0.463 e. The zero-order valence-corrected chi connectivity index (χ0v) is 12.1. The quantitative estimate of drug-likeness (QED) is 0.367. The van der Waals surface area contributed by atoms with E-state index in [0.717, 1.165) is 12.2 Å². The van der Waals surface area contributed by atoms with Crippen molar-refractivity contribution in [3.63, 3.8) is 0 Å². The van der Waals surface area contributed by atoms with Crippen LogP contribution in [0.15, 0.2) is 24.3 Å². The molecular weight excluding hydrogens is 314 g/mol. The molecule has 4 nitrogen and oxygen atoms in total. The van der Waals surface area contributed by atoms with Crippen LogP contribution in [0.2, 0.25) is 15.1 Å². The van der Waals surface area contributed by atoms with Crippen molar-refractivity contribution in [3.05, 3.63) is 39.4 Å². The van der Waals surface area contributed by atoms with Gasteiger partial charge in [0, 0.05) is 18.2 Å². The minimum Gasteiger partial charge on any atom is -0.463 e. The first-order chi connectivity index (χ1) is 8.93. The Kier molecular flexibility index (Phi) is 6.15. The predicted molar refractivity (Wildman–Crippen MR) is 72.9 cm³/mol. The van der Waals surface area contributed by atoms with Crippen molar-refractivity contribution in [2.75, 3.05) is 6.61 Å². The highest BCUT2D eigenvalue weighted by molar-refractivity contribution is 6.43. The standard InChI is InChI=1S/C12H9Cl3O4/c1-2-18-11(16)3-4-12(17)19-10-6-8(14)7(13)5-9(10)15/h3-6H,2H2,1H3/b4-3+. The van der Waals surface area contributed by atoms with Gasteiger partial charge in [0.15, 0.2) is 5.75 Å². The maximum atomic E-state index is 11.4. The molecule has 0 unspecified atom stereocenters. The van der Waals surface area contributed by atoms with Gasteiger partial charge in [0.2, 0.25) is 0 Å². The highest BCUT2D eigenvalue weighted by Crippen LogP contribution is 2.33. The summed E-state index contributed by atoms with van der Waals surface area (Å²) in [5.41, 5.74) is 0. The molecule has 1 aromatic carbocycles. The van der Waals surface area contributed by atoms with E-state index >= 15 is 0 Å². The number of carbonyl (C=O) groups excluding carboxylic acids is 2. The molecule has 0 aliphatic rings. The van der Waals surface area contributed by atoms with Crippen LogP contribution in [0.4, 0.5) is 0 Å². The van der Waals surface area contributed by atoms with E-state index in [4.69, 9.17) is 39.5 Å². The normalized spacial score (nSPS) is 10.5. The molecule has 0 bridgehead atoms. The Morgan fingerprint density at radius 2 is 1.63 bits per heavy atom. The molecule has 102 valence electrons. The minimum atomic E-state index is -0.784. The molecule has 0 N–H and O–H groups in total. The van der Waals surface area contributed by atoms with Crippen molar-refractivity contribution < 1.29 is 19.1 Å². The Labute approximate surface area is 124 Å². The van der Waals surface area contributed by atoms with Gasteiger partial charge < -0.3 is 9.47 Å². The van der Waals surface area contributed by atoms with Gasteiger partial charge in [0.1, 0.15) is 0 Å². The molecule has 0 heterocycles. The average molecular weight is 324 g/mol. The number of hydrogen-bond donors (Lipinski definition) is 0. The van der Waals surface area contributed by atoms with Crippen LogP contribution < -0.4 is 4.74 Å². The van der Waals surface area contributed by atoms with Crippen LogP contribution >= 0.6 is 34.8 Å². The minimum absolute atomic E-state index is 0.0505. The van der Waals surface area contributed by atoms with E-state index in [1.807, 2.05) is 0 Å². The number of ether oxygens (including phenoxy) is 2. The number of halogens is 3. The average Bonchev–Trinajstić information content (AvgIpc) is 2.34. The Bertz CT molecular complexity index is 526. The van der Waals surface area contributed by atoms with Gasteiger partial charge in [-0.3, -0.25) is 0 Å². The lowest BCUT2D eigenvalue weighted by Gasteiger charge is -2.05. The molecule has 0 saturated carbocycles. The lowest BCUT2D eigenvalue weighted by molar-refractivity contribution is -0.138. The van der Waals surface area contributed by atoms with Crippen LogP contribution in [-0.2, 0) is 14.3 Å². The fourth-order valence-electron chi connectivity index (χ4n) is 1.05. The van der Waals surface area contributed by atoms with Gasteiger partial charge in [-0.25, -0.2) is 9.59 Å². The van der Waals surface area contributed by atoms with E-state index in [2.05, 4.69) is 4.74 Å². The Hall–Kier alpha value is -1.23. The van der Waals surface area contributed by atoms with E-state index in [0.29, 0.717) is 0 Å². The van der Waals surface area contributed by atoms with Gasteiger partial charge in [0.25, 0.3) is 0 Å². The number of hydrogen-bond acceptors (Lipinski definition) is 4. The third-order valence-electron chi connectivity index (χ3n) is 1.83. The first-order valence-corrected chi connectivity index (χ1v) is 6.28. The highest BCUT2D eigenvalue weighted by atomic mass is 35.5. The van der Waals surface area contributed by atoms with Crippen LogP contribution in [0.3, 0.4) is 0 Å². The topological polar surface area (TPSA) is 52.6 Å². The summed E-state index contributed by atoms with van der Waals surface area (Å²) in [7, 11) is 0. The van der Waals surface area contributed by atoms with Crippen LogP contribution in [0.1, 0.15) is 6.92 Å². The van der Waals surface area contributed by atoms with Gasteiger partial charge in [0.05, 0.1) is 21.7 Å². The molecule has 7 heteroatoms. The Balaban J connectivity index is 2.72. The summed E-state index contributed by atoms with van der Waals surface area (Å²) in [6, 6.07) is 2.66. The van der Waals surface area contributed by atoms with E-state index in [1.165, 1.54) is 12.1 Å². The third-order valence-corrected chi connectivity index (χ3v) is 2.84. The van der Waals surface area contributed by atoms with Crippen LogP contribution in [-0.4, -0.2) is 18.5 Å². The molecule has 19 heavy (non-hydrogen) atoms.